The first kappa shape index (κ1) is 21.8. The Balaban J connectivity index is 1.43. The monoisotopic (exact) mass is 503 g/mol. The highest BCUT2D eigenvalue weighted by Gasteiger charge is 2.42. The van der Waals surface area contributed by atoms with E-state index >= 15 is 0 Å². The molecule has 31 heavy (non-hydrogen) atoms. The lowest BCUT2D eigenvalue weighted by atomic mass is 10.0. The molecule has 4 rings (SSSR count). The van der Waals surface area contributed by atoms with Crippen LogP contribution >= 0.6 is 27.7 Å². The lowest BCUT2D eigenvalue weighted by Gasteiger charge is -2.32. The minimum atomic E-state index is -0.337. The van der Waals surface area contributed by atoms with Gasteiger partial charge in [0.15, 0.2) is 5.17 Å². The van der Waals surface area contributed by atoms with Crippen molar-refractivity contribution >= 4 is 50.4 Å². The summed E-state index contributed by atoms with van der Waals surface area (Å²) in [5, 5.41) is 3.40. The van der Waals surface area contributed by atoms with Crippen LogP contribution in [0, 0.1) is 5.92 Å². The highest BCUT2D eigenvalue weighted by molar-refractivity contribution is 9.10. The number of fused-ring (bicyclic) bond motifs is 1. The summed E-state index contributed by atoms with van der Waals surface area (Å²) in [5.74, 6) is 0.438. The van der Waals surface area contributed by atoms with Crippen LogP contribution in [0.5, 0.6) is 5.75 Å². The molecule has 2 aromatic rings. The number of halogens is 1. The highest BCUT2D eigenvalue weighted by atomic mass is 79.9. The average molecular weight is 504 g/mol. The summed E-state index contributed by atoms with van der Waals surface area (Å²) in [7, 11) is 1.61. The SMILES string of the molecule is COc1ccc(CNC(=O)CSC2=NC3NNCC3C(=O)N2c2ccccc2Br)cc1. The lowest BCUT2D eigenvalue weighted by Crippen LogP contribution is -2.49. The number of carbonyl (C=O) groups is 2. The molecular weight excluding hydrogens is 482 g/mol. The molecule has 3 N–H and O–H groups in total. The number of aliphatic imine (C=N–C) groups is 1. The number of anilines is 1. The second kappa shape index (κ2) is 9.82. The van der Waals surface area contributed by atoms with Gasteiger partial charge in [0.25, 0.3) is 0 Å². The van der Waals surface area contributed by atoms with Crippen molar-refractivity contribution in [2.45, 2.75) is 12.7 Å². The number of amides is 2. The maximum atomic E-state index is 13.2. The Hall–Kier alpha value is -2.40. The Kier molecular flexibility index (Phi) is 6.91. The maximum Gasteiger partial charge on any atom is 0.241 e. The number of nitrogens with one attached hydrogen (secondary N) is 3. The molecule has 1 fully saturated rings. The van der Waals surface area contributed by atoms with Gasteiger partial charge >= 0.3 is 0 Å². The van der Waals surface area contributed by atoms with Crippen LogP contribution < -0.4 is 25.8 Å². The number of rotatable bonds is 6. The van der Waals surface area contributed by atoms with E-state index in [2.05, 4.69) is 32.1 Å². The third-order valence-corrected chi connectivity index (χ3v) is 6.63. The molecule has 0 aliphatic carbocycles. The number of thioether (sulfide) groups is 1. The smallest absolute Gasteiger partial charge is 0.241 e. The Morgan fingerprint density at radius 1 is 1.29 bits per heavy atom. The fourth-order valence-corrected chi connectivity index (χ4v) is 4.68. The summed E-state index contributed by atoms with van der Waals surface area (Å²) in [6.45, 7) is 0.924. The van der Waals surface area contributed by atoms with Crippen LogP contribution in [-0.4, -0.2) is 42.6 Å². The number of hydrazine groups is 1. The Morgan fingerprint density at radius 3 is 2.81 bits per heavy atom. The van der Waals surface area contributed by atoms with Gasteiger partial charge in [-0.15, -0.1) is 0 Å². The van der Waals surface area contributed by atoms with Crippen molar-refractivity contribution in [3.63, 3.8) is 0 Å². The van der Waals surface area contributed by atoms with Crippen molar-refractivity contribution in [2.75, 3.05) is 24.3 Å². The molecule has 2 aromatic carbocycles. The van der Waals surface area contributed by atoms with Crippen molar-refractivity contribution in [3.8, 4) is 5.75 Å². The zero-order valence-corrected chi connectivity index (χ0v) is 19.2. The molecular formula is C21H22BrN5O3S. The Bertz CT molecular complexity index is 1000. The van der Waals surface area contributed by atoms with E-state index < -0.39 is 0 Å². The molecule has 8 nitrogen and oxygen atoms in total. The molecule has 2 aliphatic heterocycles. The van der Waals surface area contributed by atoms with Crippen LogP contribution in [0.4, 0.5) is 5.69 Å². The van der Waals surface area contributed by atoms with E-state index in [1.165, 1.54) is 11.8 Å². The van der Waals surface area contributed by atoms with Crippen LogP contribution in [0.15, 0.2) is 58.0 Å². The van der Waals surface area contributed by atoms with E-state index in [1.807, 2.05) is 48.5 Å². The largest absolute Gasteiger partial charge is 0.497 e. The predicted octanol–water partition coefficient (Wildman–Crippen LogP) is 2.26. The van der Waals surface area contributed by atoms with Gasteiger partial charge in [0.05, 0.1) is 24.5 Å². The van der Waals surface area contributed by atoms with E-state index in [0.717, 1.165) is 15.8 Å². The summed E-state index contributed by atoms with van der Waals surface area (Å²) in [6, 6.07) is 15.0. The quantitative estimate of drug-likeness (QED) is 0.559. The second-order valence-corrected chi connectivity index (χ2v) is 8.82. The number of hydrogen-bond acceptors (Lipinski definition) is 7. The minimum absolute atomic E-state index is 0.0504. The third kappa shape index (κ3) is 4.93. The van der Waals surface area contributed by atoms with Crippen LogP contribution in [0.3, 0.4) is 0 Å². The summed E-state index contributed by atoms with van der Waals surface area (Å²) >= 11 is 4.77. The first-order valence-electron chi connectivity index (χ1n) is 9.74. The number of methoxy groups -OCH3 is 1. The van der Waals surface area contributed by atoms with Gasteiger partial charge < -0.3 is 10.1 Å². The van der Waals surface area contributed by atoms with Crippen LogP contribution in [0.25, 0.3) is 0 Å². The number of hydrogen-bond donors (Lipinski definition) is 3. The predicted molar refractivity (Wildman–Crippen MR) is 125 cm³/mol. The fourth-order valence-electron chi connectivity index (χ4n) is 3.35. The number of amidine groups is 1. The van der Waals surface area contributed by atoms with Gasteiger partial charge in [-0.2, -0.15) is 0 Å². The number of nitrogens with zero attached hydrogens (tertiary/aromatic N) is 2. The molecule has 1 saturated heterocycles. The molecule has 162 valence electrons. The molecule has 2 amide bonds. The second-order valence-electron chi connectivity index (χ2n) is 7.03. The summed E-state index contributed by atoms with van der Waals surface area (Å²) in [5.41, 5.74) is 7.71. The first-order chi connectivity index (χ1) is 15.1. The van der Waals surface area contributed by atoms with E-state index in [9.17, 15) is 9.59 Å². The van der Waals surface area contributed by atoms with Crippen LogP contribution in [0.1, 0.15) is 5.56 Å². The minimum Gasteiger partial charge on any atom is -0.497 e. The van der Waals surface area contributed by atoms with Crippen LogP contribution in [-0.2, 0) is 16.1 Å². The van der Waals surface area contributed by atoms with E-state index in [0.29, 0.717) is 23.9 Å². The van der Waals surface area contributed by atoms with Gasteiger partial charge in [-0.05, 0) is 45.8 Å². The van der Waals surface area contributed by atoms with Crippen molar-refractivity contribution in [2.24, 2.45) is 10.9 Å². The molecule has 2 unspecified atom stereocenters. The molecule has 0 spiro atoms. The van der Waals surface area contributed by atoms with Gasteiger partial charge in [0, 0.05) is 17.6 Å². The zero-order chi connectivity index (χ0) is 21.8. The number of ether oxygens (including phenoxy) is 1. The molecule has 0 radical (unpaired) electrons. The topological polar surface area (TPSA) is 95.1 Å². The molecule has 2 heterocycles. The fraction of sp³-hybridized carbons (Fsp3) is 0.286. The summed E-state index contributed by atoms with van der Waals surface area (Å²) in [4.78, 5) is 31.9. The average Bonchev–Trinajstić information content (AvgIpc) is 3.26. The molecule has 10 heteroatoms. The van der Waals surface area contributed by atoms with Gasteiger partial charge in [-0.3, -0.25) is 19.9 Å². The highest BCUT2D eigenvalue weighted by Crippen LogP contribution is 2.33. The van der Waals surface area contributed by atoms with Gasteiger partial charge in [-0.1, -0.05) is 36.0 Å². The normalized spacial score (nSPS) is 20.3. The molecule has 2 aliphatic rings. The van der Waals surface area contributed by atoms with Gasteiger partial charge in [0.2, 0.25) is 11.8 Å². The van der Waals surface area contributed by atoms with Gasteiger partial charge in [0.1, 0.15) is 11.9 Å². The van der Waals surface area contributed by atoms with Crippen molar-refractivity contribution < 1.29 is 14.3 Å². The number of carbonyl (C=O) groups excluding carboxylic acids is 2. The number of para-hydroxylation sites is 1. The standard InChI is InChI=1S/C21H22BrN5O3S/c1-30-14-8-6-13(7-9-14)10-23-18(28)12-31-21-25-19-15(11-24-26-19)20(29)27(21)17-5-3-2-4-16(17)22/h2-9,15,19,24,26H,10-12H2,1H3,(H,23,28). The summed E-state index contributed by atoms with van der Waals surface area (Å²) in [6.07, 6.45) is -0.337. The van der Waals surface area contributed by atoms with Crippen molar-refractivity contribution in [3.05, 3.63) is 58.6 Å². The van der Waals surface area contributed by atoms with E-state index in [4.69, 9.17) is 9.73 Å². The van der Waals surface area contributed by atoms with E-state index in [-0.39, 0.29) is 29.7 Å². The summed E-state index contributed by atoms with van der Waals surface area (Å²) < 4.78 is 5.93. The maximum absolute atomic E-state index is 13.2. The number of benzene rings is 2. The van der Waals surface area contributed by atoms with Crippen molar-refractivity contribution in [1.82, 2.24) is 16.2 Å². The first-order valence-corrected chi connectivity index (χ1v) is 11.5. The van der Waals surface area contributed by atoms with Gasteiger partial charge in [-0.25, -0.2) is 10.4 Å². The Morgan fingerprint density at radius 2 is 2.06 bits per heavy atom. The molecule has 0 saturated carbocycles. The third-order valence-electron chi connectivity index (χ3n) is 5.01. The molecule has 2 atom stereocenters. The Labute approximate surface area is 192 Å². The van der Waals surface area contributed by atoms with Crippen molar-refractivity contribution in [1.29, 1.82) is 0 Å². The lowest BCUT2D eigenvalue weighted by molar-refractivity contribution is -0.121. The van der Waals surface area contributed by atoms with Crippen LogP contribution in [0.2, 0.25) is 0 Å². The molecule has 0 bridgehead atoms. The zero-order valence-electron chi connectivity index (χ0n) is 16.8. The molecule has 0 aromatic heterocycles. The van der Waals surface area contributed by atoms with E-state index in [1.54, 1.807) is 12.0 Å².